The number of amides is 1. The van der Waals surface area contributed by atoms with Crippen LogP contribution >= 0.6 is 24.0 Å². The normalized spacial score (nSPS) is 15.1. The van der Waals surface area contributed by atoms with Gasteiger partial charge in [0, 0.05) is 39.2 Å². The van der Waals surface area contributed by atoms with E-state index in [0.717, 1.165) is 56.2 Å². The van der Waals surface area contributed by atoms with Gasteiger partial charge < -0.3 is 24.7 Å². The van der Waals surface area contributed by atoms with Gasteiger partial charge in [0.15, 0.2) is 5.96 Å². The molecule has 0 radical (unpaired) electrons. The number of nitrogens with zero attached hydrogens (tertiary/aromatic N) is 2. The molecule has 0 aliphatic carbocycles. The van der Waals surface area contributed by atoms with Crippen LogP contribution in [-0.2, 0) is 16.0 Å². The van der Waals surface area contributed by atoms with Crippen LogP contribution in [0.4, 0.5) is 0 Å². The Balaban J connectivity index is 0.00000392. The highest BCUT2D eigenvalue weighted by Crippen LogP contribution is 2.11. The molecule has 0 bridgehead atoms. The molecule has 0 atom stereocenters. The molecule has 1 aromatic rings. The summed E-state index contributed by atoms with van der Waals surface area (Å²) < 4.78 is 10.4. The van der Waals surface area contributed by atoms with Crippen LogP contribution in [0.1, 0.15) is 31.9 Å². The van der Waals surface area contributed by atoms with Crippen LogP contribution in [-0.4, -0.2) is 62.7 Å². The van der Waals surface area contributed by atoms with E-state index in [4.69, 9.17) is 9.15 Å². The third kappa shape index (κ3) is 9.09. The van der Waals surface area contributed by atoms with Crippen molar-refractivity contribution in [2.24, 2.45) is 4.99 Å². The van der Waals surface area contributed by atoms with Crippen LogP contribution < -0.4 is 10.6 Å². The van der Waals surface area contributed by atoms with Crippen LogP contribution in [0.3, 0.4) is 0 Å². The van der Waals surface area contributed by atoms with Gasteiger partial charge in [0.05, 0.1) is 25.8 Å². The van der Waals surface area contributed by atoms with Gasteiger partial charge in [0.25, 0.3) is 0 Å². The zero-order chi connectivity index (χ0) is 19.5. The van der Waals surface area contributed by atoms with Crippen molar-refractivity contribution in [2.45, 2.75) is 38.6 Å². The molecule has 7 nitrogen and oxygen atoms in total. The van der Waals surface area contributed by atoms with Gasteiger partial charge in [-0.3, -0.25) is 4.79 Å². The van der Waals surface area contributed by atoms with E-state index in [1.807, 2.05) is 24.0 Å². The van der Waals surface area contributed by atoms with Crippen LogP contribution in [0.2, 0.25) is 0 Å². The number of hydrogen-bond acceptors (Lipinski definition) is 4. The standard InChI is InChI=1S/C20H32N4O3.HI/c1-16(2)15-22-20(21-10-6-18-5-4-13-27-18)23-17-7-11-24(12-8-17)19(25)9-14-26-3;/h4-5,13,17H,1,6-12,14-15H2,2-3H3,(H2,21,22,23);1H. The Kier molecular flexibility index (Phi) is 11.9. The van der Waals surface area contributed by atoms with E-state index in [2.05, 4.69) is 22.2 Å². The fraction of sp³-hybridized carbons (Fsp3) is 0.600. The van der Waals surface area contributed by atoms with Gasteiger partial charge >= 0.3 is 0 Å². The highest BCUT2D eigenvalue weighted by atomic mass is 127. The molecule has 2 N–H and O–H groups in total. The van der Waals surface area contributed by atoms with E-state index in [-0.39, 0.29) is 29.9 Å². The predicted octanol–water partition coefficient (Wildman–Crippen LogP) is 2.58. The molecule has 1 aromatic heterocycles. The third-order valence-electron chi connectivity index (χ3n) is 4.46. The average molecular weight is 504 g/mol. The first kappa shape index (κ1) is 24.5. The number of furan rings is 1. The second-order valence-corrected chi connectivity index (χ2v) is 6.92. The van der Waals surface area contributed by atoms with Gasteiger partial charge in [0.2, 0.25) is 5.91 Å². The topological polar surface area (TPSA) is 79.1 Å². The molecule has 1 aliphatic rings. The fourth-order valence-corrected chi connectivity index (χ4v) is 2.94. The van der Waals surface area contributed by atoms with E-state index in [1.165, 1.54) is 0 Å². The van der Waals surface area contributed by atoms with Gasteiger partial charge in [0.1, 0.15) is 5.76 Å². The summed E-state index contributed by atoms with van der Waals surface area (Å²) >= 11 is 0. The molecule has 2 rings (SSSR count). The van der Waals surface area contributed by atoms with E-state index in [1.54, 1.807) is 13.4 Å². The summed E-state index contributed by atoms with van der Waals surface area (Å²) in [6.45, 7) is 9.22. The van der Waals surface area contributed by atoms with Crippen molar-refractivity contribution < 1.29 is 13.9 Å². The predicted molar refractivity (Wildman–Crippen MR) is 122 cm³/mol. The van der Waals surface area contributed by atoms with E-state index in [9.17, 15) is 4.79 Å². The lowest BCUT2D eigenvalue weighted by Crippen LogP contribution is -2.50. The van der Waals surface area contributed by atoms with Crippen molar-refractivity contribution >= 4 is 35.8 Å². The number of nitrogens with one attached hydrogen (secondary N) is 2. The molecule has 0 spiro atoms. The summed E-state index contributed by atoms with van der Waals surface area (Å²) in [5.74, 6) is 1.90. The maximum Gasteiger partial charge on any atom is 0.224 e. The summed E-state index contributed by atoms with van der Waals surface area (Å²) in [5, 5.41) is 6.86. The number of piperidine rings is 1. The highest BCUT2D eigenvalue weighted by Gasteiger charge is 2.23. The van der Waals surface area contributed by atoms with Crippen LogP contribution in [0.25, 0.3) is 0 Å². The Morgan fingerprint density at radius 2 is 2.18 bits per heavy atom. The maximum atomic E-state index is 12.1. The number of halogens is 1. The number of carbonyl (C=O) groups is 1. The van der Waals surface area contributed by atoms with Gasteiger partial charge in [-0.05, 0) is 31.9 Å². The minimum Gasteiger partial charge on any atom is -0.469 e. The van der Waals surface area contributed by atoms with Gasteiger partial charge in [-0.15, -0.1) is 24.0 Å². The van der Waals surface area contributed by atoms with Crippen LogP contribution in [0.15, 0.2) is 40.0 Å². The molecule has 0 unspecified atom stereocenters. The molecule has 28 heavy (non-hydrogen) atoms. The lowest BCUT2D eigenvalue weighted by Gasteiger charge is -2.33. The minimum atomic E-state index is 0. The molecule has 1 aliphatic heterocycles. The van der Waals surface area contributed by atoms with Crippen LogP contribution in [0, 0.1) is 0 Å². The first-order chi connectivity index (χ1) is 13.1. The third-order valence-corrected chi connectivity index (χ3v) is 4.46. The maximum absolute atomic E-state index is 12.1. The second-order valence-electron chi connectivity index (χ2n) is 6.92. The molecule has 0 aromatic carbocycles. The van der Waals surface area contributed by atoms with Gasteiger partial charge in [-0.2, -0.15) is 0 Å². The molecule has 1 saturated heterocycles. The molecule has 8 heteroatoms. The number of ether oxygens (including phenoxy) is 1. The monoisotopic (exact) mass is 504 g/mol. The zero-order valence-corrected chi connectivity index (χ0v) is 19.2. The Morgan fingerprint density at radius 1 is 1.43 bits per heavy atom. The number of rotatable bonds is 9. The second kappa shape index (κ2) is 13.6. The summed E-state index contributed by atoms with van der Waals surface area (Å²) in [6.07, 6.45) is 4.75. The SMILES string of the molecule is C=C(C)CN=C(NCCc1ccco1)NC1CCN(C(=O)CCOC)CC1.I. The number of guanidine groups is 1. The van der Waals surface area contributed by atoms with Crippen molar-refractivity contribution in [3.05, 3.63) is 36.3 Å². The minimum absolute atomic E-state index is 0. The van der Waals surface area contributed by atoms with E-state index >= 15 is 0 Å². The summed E-state index contributed by atoms with van der Waals surface area (Å²) in [7, 11) is 1.62. The van der Waals surface area contributed by atoms with Gasteiger partial charge in [-0.1, -0.05) is 12.2 Å². The first-order valence-corrected chi connectivity index (χ1v) is 9.57. The Hall–Kier alpha value is -1.55. The fourth-order valence-electron chi connectivity index (χ4n) is 2.94. The number of likely N-dealkylation sites (tertiary alicyclic amines) is 1. The molecular weight excluding hydrogens is 471 g/mol. The first-order valence-electron chi connectivity index (χ1n) is 9.57. The number of hydrogen-bond donors (Lipinski definition) is 2. The molecule has 1 amide bonds. The molecule has 2 heterocycles. The smallest absolute Gasteiger partial charge is 0.224 e. The molecule has 158 valence electrons. The quantitative estimate of drug-likeness (QED) is 0.234. The van der Waals surface area contributed by atoms with Crippen molar-refractivity contribution in [1.29, 1.82) is 0 Å². The molecular formula is C20H33IN4O3. The highest BCUT2D eigenvalue weighted by molar-refractivity contribution is 14.0. The average Bonchev–Trinajstić information content (AvgIpc) is 3.18. The Labute approximate surface area is 185 Å². The zero-order valence-electron chi connectivity index (χ0n) is 16.9. The van der Waals surface area contributed by atoms with E-state index in [0.29, 0.717) is 25.6 Å². The van der Waals surface area contributed by atoms with Gasteiger partial charge in [-0.25, -0.2) is 4.99 Å². The van der Waals surface area contributed by atoms with Crippen molar-refractivity contribution in [1.82, 2.24) is 15.5 Å². The Morgan fingerprint density at radius 3 is 2.79 bits per heavy atom. The van der Waals surface area contributed by atoms with Crippen molar-refractivity contribution in [3.63, 3.8) is 0 Å². The number of methoxy groups -OCH3 is 1. The lowest BCUT2D eigenvalue weighted by atomic mass is 10.0. The summed E-state index contributed by atoms with van der Waals surface area (Å²) in [5.41, 5.74) is 1.01. The lowest BCUT2D eigenvalue weighted by molar-refractivity contribution is -0.133. The Bertz CT molecular complexity index is 611. The largest absolute Gasteiger partial charge is 0.469 e. The number of aliphatic imine (C=N–C) groups is 1. The summed E-state index contributed by atoms with van der Waals surface area (Å²) in [6, 6.07) is 4.16. The number of carbonyl (C=O) groups excluding carboxylic acids is 1. The van der Waals surface area contributed by atoms with Crippen LogP contribution in [0.5, 0.6) is 0 Å². The van der Waals surface area contributed by atoms with E-state index < -0.39 is 0 Å². The molecule has 0 saturated carbocycles. The summed E-state index contributed by atoms with van der Waals surface area (Å²) in [4.78, 5) is 18.6. The van der Waals surface area contributed by atoms with Crippen molar-refractivity contribution in [3.8, 4) is 0 Å². The molecule has 1 fully saturated rings. The van der Waals surface area contributed by atoms with Crippen molar-refractivity contribution in [2.75, 3.05) is 39.9 Å².